The van der Waals surface area contributed by atoms with Crippen molar-refractivity contribution in [1.82, 2.24) is 10.6 Å². The van der Waals surface area contributed by atoms with Gasteiger partial charge in [-0.1, -0.05) is 24.3 Å². The molecule has 6 nitrogen and oxygen atoms in total. The molecule has 2 amide bonds. The fourth-order valence-electron chi connectivity index (χ4n) is 2.58. The van der Waals surface area contributed by atoms with Gasteiger partial charge in [-0.3, -0.25) is 9.59 Å². The lowest BCUT2D eigenvalue weighted by atomic mass is 10.2. The zero-order valence-corrected chi connectivity index (χ0v) is 15.2. The Bertz CT molecular complexity index is 943. The standard InChI is InChI=1S/C21H17F2N3O3/c22-16-8-4-14(5-9-16)12-24-20(27)18-2-1-3-19(26(18)29)21(28)25-13-15-6-10-17(23)11-7-15/h1-11H,12-13H2,(H,24,27)(H,25,28). The van der Waals surface area contributed by atoms with Crippen LogP contribution in [-0.2, 0) is 13.1 Å². The van der Waals surface area contributed by atoms with Gasteiger partial charge >= 0.3 is 11.8 Å². The molecule has 0 spiro atoms. The second-order valence-electron chi connectivity index (χ2n) is 6.21. The molecule has 148 valence electrons. The Balaban J connectivity index is 1.65. The number of benzene rings is 2. The summed E-state index contributed by atoms with van der Waals surface area (Å²) in [4.78, 5) is 24.6. The maximum absolute atomic E-state index is 12.9. The Labute approximate surface area is 165 Å². The average Bonchev–Trinajstić information content (AvgIpc) is 2.72. The van der Waals surface area contributed by atoms with Gasteiger partial charge in [0.15, 0.2) is 0 Å². The first-order chi connectivity index (χ1) is 13.9. The van der Waals surface area contributed by atoms with E-state index in [1.54, 1.807) is 0 Å². The highest BCUT2D eigenvalue weighted by Gasteiger charge is 2.23. The highest BCUT2D eigenvalue weighted by Crippen LogP contribution is 2.05. The van der Waals surface area contributed by atoms with Crippen LogP contribution in [0.5, 0.6) is 0 Å². The lowest BCUT2D eigenvalue weighted by Crippen LogP contribution is -2.46. The van der Waals surface area contributed by atoms with E-state index in [-0.39, 0.29) is 29.2 Å². The molecular formula is C21H17F2N3O3. The summed E-state index contributed by atoms with van der Waals surface area (Å²) in [5, 5.41) is 17.6. The van der Waals surface area contributed by atoms with E-state index in [0.29, 0.717) is 11.1 Å². The molecule has 0 saturated carbocycles. The van der Waals surface area contributed by atoms with E-state index in [1.165, 1.54) is 66.7 Å². The Kier molecular flexibility index (Phi) is 6.13. The van der Waals surface area contributed by atoms with Crippen molar-refractivity contribution in [1.29, 1.82) is 0 Å². The molecule has 0 radical (unpaired) electrons. The van der Waals surface area contributed by atoms with Crippen molar-refractivity contribution >= 4 is 11.8 Å². The van der Waals surface area contributed by atoms with Gasteiger partial charge in [0.1, 0.15) is 11.6 Å². The van der Waals surface area contributed by atoms with Crippen LogP contribution in [0.1, 0.15) is 32.1 Å². The minimum absolute atomic E-state index is 0.0973. The maximum Gasteiger partial charge on any atom is 0.317 e. The molecule has 8 heteroatoms. The van der Waals surface area contributed by atoms with Crippen LogP contribution in [0.2, 0.25) is 0 Å². The van der Waals surface area contributed by atoms with Crippen LogP contribution >= 0.6 is 0 Å². The van der Waals surface area contributed by atoms with Gasteiger partial charge in [-0.2, -0.15) is 4.73 Å². The number of hydrogen-bond donors (Lipinski definition) is 2. The number of aromatic nitrogens is 1. The van der Waals surface area contributed by atoms with Crippen LogP contribution in [0.25, 0.3) is 0 Å². The number of halogens is 2. The summed E-state index contributed by atoms with van der Waals surface area (Å²) in [5.74, 6) is -2.12. The molecule has 0 fully saturated rings. The van der Waals surface area contributed by atoms with E-state index in [0.717, 1.165) is 0 Å². The predicted octanol–water partition coefficient (Wildman–Crippen LogP) is 2.46. The monoisotopic (exact) mass is 397 g/mol. The average molecular weight is 397 g/mol. The van der Waals surface area contributed by atoms with Gasteiger partial charge in [0.05, 0.1) is 0 Å². The number of hydrogen-bond acceptors (Lipinski definition) is 3. The van der Waals surface area contributed by atoms with Crippen molar-refractivity contribution in [2.24, 2.45) is 0 Å². The van der Waals surface area contributed by atoms with Crippen molar-refractivity contribution in [3.05, 3.63) is 106 Å². The van der Waals surface area contributed by atoms with Gasteiger partial charge in [0, 0.05) is 25.2 Å². The van der Waals surface area contributed by atoms with E-state index in [9.17, 15) is 23.6 Å². The molecule has 2 aromatic carbocycles. The molecule has 1 aromatic heterocycles. The quantitative estimate of drug-likeness (QED) is 0.495. The van der Waals surface area contributed by atoms with Gasteiger partial charge in [-0.05, 0) is 41.5 Å². The zero-order chi connectivity index (χ0) is 20.8. The van der Waals surface area contributed by atoms with Crippen molar-refractivity contribution in [3.63, 3.8) is 0 Å². The predicted molar refractivity (Wildman–Crippen MR) is 101 cm³/mol. The smallest absolute Gasteiger partial charge is 0.317 e. The molecule has 29 heavy (non-hydrogen) atoms. The van der Waals surface area contributed by atoms with Crippen LogP contribution in [0.15, 0.2) is 66.7 Å². The number of nitrogens with zero attached hydrogens (tertiary/aromatic N) is 1. The largest absolute Gasteiger partial charge is 0.618 e. The van der Waals surface area contributed by atoms with E-state index < -0.39 is 23.4 Å². The lowest BCUT2D eigenvalue weighted by molar-refractivity contribution is -0.610. The summed E-state index contributed by atoms with van der Waals surface area (Å²) in [6, 6.07) is 15.1. The minimum atomic E-state index is -0.669. The third-order valence-electron chi connectivity index (χ3n) is 4.14. The molecule has 1 heterocycles. The van der Waals surface area contributed by atoms with Crippen LogP contribution in [-0.4, -0.2) is 11.8 Å². The number of amides is 2. The van der Waals surface area contributed by atoms with Crippen molar-refractivity contribution in [3.8, 4) is 0 Å². The first-order valence-corrected chi connectivity index (χ1v) is 8.72. The fourth-order valence-corrected chi connectivity index (χ4v) is 2.58. The Hall–Kier alpha value is -3.81. The first kappa shape index (κ1) is 19.9. The highest BCUT2D eigenvalue weighted by atomic mass is 19.1. The molecule has 3 rings (SSSR count). The van der Waals surface area contributed by atoms with Crippen LogP contribution in [0.4, 0.5) is 8.78 Å². The van der Waals surface area contributed by atoms with Gasteiger partial charge < -0.3 is 15.8 Å². The maximum atomic E-state index is 12.9. The molecular weight excluding hydrogens is 380 g/mol. The van der Waals surface area contributed by atoms with Crippen molar-refractivity contribution < 1.29 is 23.1 Å². The number of carbonyl (C=O) groups excluding carboxylic acids is 2. The van der Waals surface area contributed by atoms with E-state index in [4.69, 9.17) is 0 Å². The Morgan fingerprint density at radius 1 is 0.724 bits per heavy atom. The second-order valence-corrected chi connectivity index (χ2v) is 6.21. The molecule has 0 bridgehead atoms. The molecule has 3 aromatic rings. The van der Waals surface area contributed by atoms with E-state index in [1.807, 2.05) is 0 Å². The van der Waals surface area contributed by atoms with Crippen molar-refractivity contribution in [2.75, 3.05) is 0 Å². The van der Waals surface area contributed by atoms with E-state index in [2.05, 4.69) is 10.6 Å². The SMILES string of the molecule is O=C(NCc1ccc(F)cc1)c1cccc(C(=O)NCc2ccc(F)cc2)[n+]1[O-]. The second kappa shape index (κ2) is 8.92. The Morgan fingerprint density at radius 3 is 1.48 bits per heavy atom. The third-order valence-corrected chi connectivity index (χ3v) is 4.14. The van der Waals surface area contributed by atoms with Gasteiger partial charge in [-0.15, -0.1) is 0 Å². The normalized spacial score (nSPS) is 10.4. The summed E-state index contributed by atoms with van der Waals surface area (Å²) in [7, 11) is 0. The molecule has 0 unspecified atom stereocenters. The summed E-state index contributed by atoms with van der Waals surface area (Å²) in [6.45, 7) is 0.195. The topological polar surface area (TPSA) is 85.1 Å². The number of rotatable bonds is 6. The number of carbonyl (C=O) groups is 2. The van der Waals surface area contributed by atoms with Crippen LogP contribution in [0, 0.1) is 16.8 Å². The third kappa shape index (κ3) is 5.13. The van der Waals surface area contributed by atoms with Gasteiger partial charge in [-0.25, -0.2) is 8.78 Å². The first-order valence-electron chi connectivity index (χ1n) is 8.72. The summed E-state index contributed by atoms with van der Waals surface area (Å²) in [6.07, 6.45) is 0. The van der Waals surface area contributed by atoms with E-state index >= 15 is 0 Å². The summed E-state index contributed by atoms with van der Waals surface area (Å²) in [5.41, 5.74) is 0.818. The molecule has 0 aliphatic heterocycles. The summed E-state index contributed by atoms with van der Waals surface area (Å²) < 4.78 is 26.1. The van der Waals surface area contributed by atoms with Crippen molar-refractivity contribution in [2.45, 2.75) is 13.1 Å². The molecule has 2 N–H and O–H groups in total. The molecule has 0 saturated heterocycles. The zero-order valence-electron chi connectivity index (χ0n) is 15.2. The molecule has 0 atom stereocenters. The van der Waals surface area contributed by atoms with Gasteiger partial charge in [0.25, 0.3) is 11.4 Å². The lowest BCUT2D eigenvalue weighted by Gasteiger charge is -2.10. The molecule has 0 aliphatic carbocycles. The van der Waals surface area contributed by atoms with Crippen LogP contribution in [0.3, 0.4) is 0 Å². The number of pyridine rings is 1. The number of nitrogens with one attached hydrogen (secondary N) is 2. The minimum Gasteiger partial charge on any atom is -0.618 e. The van der Waals surface area contributed by atoms with Gasteiger partial charge in [0.2, 0.25) is 0 Å². The molecule has 0 aliphatic rings. The highest BCUT2D eigenvalue weighted by molar-refractivity contribution is 5.93. The summed E-state index contributed by atoms with van der Waals surface area (Å²) >= 11 is 0. The fraction of sp³-hybridized carbons (Fsp3) is 0.0952. The van der Waals surface area contributed by atoms with Crippen LogP contribution < -0.4 is 15.4 Å². The Morgan fingerprint density at radius 2 is 1.10 bits per heavy atom.